The maximum absolute atomic E-state index is 13.1. The van der Waals surface area contributed by atoms with Gasteiger partial charge in [0.15, 0.2) is 11.5 Å². The first-order valence-corrected chi connectivity index (χ1v) is 8.43. The molecule has 1 aromatic rings. The molecule has 2 heterocycles. The summed E-state index contributed by atoms with van der Waals surface area (Å²) in [7, 11) is 4.67. The summed E-state index contributed by atoms with van der Waals surface area (Å²) >= 11 is 0. The van der Waals surface area contributed by atoms with Crippen molar-refractivity contribution in [3.63, 3.8) is 0 Å². The first kappa shape index (κ1) is 19.7. The number of benzene rings is 1. The Hall–Kier alpha value is -1.66. The number of nitrogens with one attached hydrogen (secondary N) is 1. The summed E-state index contributed by atoms with van der Waals surface area (Å²) in [6, 6.07) is 3.51. The Balaban J connectivity index is 0.00000225. The Kier molecular flexibility index (Phi) is 6.41. The van der Waals surface area contributed by atoms with E-state index in [1.165, 1.54) is 0 Å². The van der Waals surface area contributed by atoms with E-state index in [-0.39, 0.29) is 23.7 Å². The molecule has 7 heteroatoms. The third-order valence-corrected chi connectivity index (χ3v) is 5.32. The average molecular weight is 371 g/mol. The van der Waals surface area contributed by atoms with Crippen molar-refractivity contribution in [3.8, 4) is 17.2 Å². The Bertz CT molecular complexity index is 617. The second-order valence-electron chi connectivity index (χ2n) is 6.61. The topological polar surface area (TPSA) is 60.0 Å². The van der Waals surface area contributed by atoms with Crippen molar-refractivity contribution in [3.05, 3.63) is 17.7 Å². The second kappa shape index (κ2) is 8.15. The van der Waals surface area contributed by atoms with E-state index in [4.69, 9.17) is 14.2 Å². The summed E-state index contributed by atoms with van der Waals surface area (Å²) in [6.07, 6.45) is 3.36. The van der Waals surface area contributed by atoms with Gasteiger partial charge in [-0.2, -0.15) is 0 Å². The number of hydrogen-bond donors (Lipinski definition) is 1. The fourth-order valence-electron chi connectivity index (χ4n) is 3.91. The molecule has 1 amide bonds. The predicted octanol–water partition coefficient (Wildman–Crippen LogP) is 2.35. The molecular weight excluding hydrogens is 344 g/mol. The molecule has 3 rings (SSSR count). The van der Waals surface area contributed by atoms with E-state index in [9.17, 15) is 4.79 Å². The van der Waals surface area contributed by atoms with Crippen molar-refractivity contribution >= 4 is 18.3 Å². The minimum atomic E-state index is 0. The molecule has 25 heavy (non-hydrogen) atoms. The zero-order chi connectivity index (χ0) is 17.2. The molecule has 2 aliphatic heterocycles. The number of likely N-dealkylation sites (tertiary alicyclic amines) is 1. The van der Waals surface area contributed by atoms with Gasteiger partial charge < -0.3 is 24.4 Å². The largest absolute Gasteiger partial charge is 0.493 e. The smallest absolute Gasteiger partial charge is 0.257 e. The number of amides is 1. The summed E-state index contributed by atoms with van der Waals surface area (Å²) in [5, 5.41) is 3.40. The van der Waals surface area contributed by atoms with Crippen LogP contribution < -0.4 is 19.5 Å². The Morgan fingerprint density at radius 2 is 1.72 bits per heavy atom. The zero-order valence-electron chi connectivity index (χ0n) is 15.1. The van der Waals surface area contributed by atoms with Crippen LogP contribution in [-0.2, 0) is 0 Å². The number of nitrogens with zero attached hydrogens (tertiary/aromatic N) is 1. The van der Waals surface area contributed by atoms with Crippen molar-refractivity contribution in [2.75, 3.05) is 47.5 Å². The maximum atomic E-state index is 13.1. The molecule has 2 aliphatic rings. The molecule has 0 saturated carbocycles. The van der Waals surface area contributed by atoms with E-state index in [2.05, 4.69) is 5.32 Å². The Labute approximate surface area is 155 Å². The van der Waals surface area contributed by atoms with Gasteiger partial charge in [-0.15, -0.1) is 12.4 Å². The zero-order valence-corrected chi connectivity index (χ0v) is 15.9. The van der Waals surface area contributed by atoms with Gasteiger partial charge in [-0.05, 0) is 49.9 Å². The van der Waals surface area contributed by atoms with Gasteiger partial charge in [0.25, 0.3) is 5.91 Å². The summed E-state index contributed by atoms with van der Waals surface area (Å²) in [4.78, 5) is 15.0. The van der Waals surface area contributed by atoms with Crippen LogP contribution in [0.5, 0.6) is 17.2 Å². The van der Waals surface area contributed by atoms with E-state index < -0.39 is 0 Å². The van der Waals surface area contributed by atoms with Crippen molar-refractivity contribution in [2.45, 2.75) is 19.3 Å². The highest BCUT2D eigenvalue weighted by molar-refractivity contribution is 5.98. The maximum Gasteiger partial charge on any atom is 0.257 e. The SMILES string of the molecule is COc1ccc(C(=O)N2CCC3(CCNCC3)C2)c(OC)c1OC.Cl. The molecule has 140 valence electrons. The number of carbonyl (C=O) groups excluding carboxylic acids is 1. The van der Waals surface area contributed by atoms with Crippen LogP contribution in [0.15, 0.2) is 12.1 Å². The van der Waals surface area contributed by atoms with Gasteiger partial charge in [-0.25, -0.2) is 0 Å². The van der Waals surface area contributed by atoms with Gasteiger partial charge in [0, 0.05) is 13.1 Å². The highest BCUT2D eigenvalue weighted by atomic mass is 35.5. The normalized spacial score (nSPS) is 18.6. The van der Waals surface area contributed by atoms with E-state index in [1.807, 2.05) is 4.90 Å². The Morgan fingerprint density at radius 3 is 2.32 bits per heavy atom. The van der Waals surface area contributed by atoms with Crippen LogP contribution in [0.3, 0.4) is 0 Å². The molecular formula is C18H27ClN2O4. The number of ether oxygens (including phenoxy) is 3. The third kappa shape index (κ3) is 3.65. The first-order valence-electron chi connectivity index (χ1n) is 8.43. The molecule has 2 fully saturated rings. The molecule has 0 aliphatic carbocycles. The van der Waals surface area contributed by atoms with Crippen molar-refractivity contribution in [2.24, 2.45) is 5.41 Å². The fourth-order valence-corrected chi connectivity index (χ4v) is 3.91. The molecule has 1 spiro atoms. The predicted molar refractivity (Wildman–Crippen MR) is 98.4 cm³/mol. The minimum absolute atomic E-state index is 0. The lowest BCUT2D eigenvalue weighted by Crippen LogP contribution is -2.39. The van der Waals surface area contributed by atoms with E-state index in [1.54, 1.807) is 33.5 Å². The van der Waals surface area contributed by atoms with Crippen LogP contribution in [-0.4, -0.2) is 58.3 Å². The lowest BCUT2D eigenvalue weighted by atomic mass is 9.78. The first-order chi connectivity index (χ1) is 11.6. The number of rotatable bonds is 4. The number of hydrogen-bond acceptors (Lipinski definition) is 5. The van der Waals surface area contributed by atoms with Gasteiger partial charge >= 0.3 is 0 Å². The minimum Gasteiger partial charge on any atom is -0.493 e. The van der Waals surface area contributed by atoms with Crippen LogP contribution in [0, 0.1) is 5.41 Å². The van der Waals surface area contributed by atoms with Crippen LogP contribution in [0.1, 0.15) is 29.6 Å². The number of piperidine rings is 1. The van der Waals surface area contributed by atoms with Crippen LogP contribution in [0.25, 0.3) is 0 Å². The number of carbonyl (C=O) groups is 1. The average Bonchev–Trinajstić information content (AvgIpc) is 3.03. The molecule has 0 aromatic heterocycles. The van der Waals surface area contributed by atoms with E-state index >= 15 is 0 Å². The van der Waals surface area contributed by atoms with E-state index in [0.29, 0.717) is 22.8 Å². The number of methoxy groups -OCH3 is 3. The molecule has 6 nitrogen and oxygen atoms in total. The lowest BCUT2D eigenvalue weighted by molar-refractivity contribution is 0.0757. The quantitative estimate of drug-likeness (QED) is 0.881. The molecule has 0 atom stereocenters. The standard InChI is InChI=1S/C18H26N2O4.ClH/c1-22-14-5-4-13(15(23-2)16(14)24-3)17(21)20-11-8-18(12-20)6-9-19-10-7-18;/h4-5,19H,6-12H2,1-3H3;1H. The monoisotopic (exact) mass is 370 g/mol. The van der Waals surface area contributed by atoms with Gasteiger partial charge in [0.1, 0.15) is 0 Å². The summed E-state index contributed by atoms with van der Waals surface area (Å²) in [5.41, 5.74) is 0.811. The third-order valence-electron chi connectivity index (χ3n) is 5.32. The van der Waals surface area contributed by atoms with Crippen molar-refractivity contribution < 1.29 is 19.0 Å². The van der Waals surface area contributed by atoms with Crippen LogP contribution in [0.2, 0.25) is 0 Å². The van der Waals surface area contributed by atoms with Gasteiger partial charge in [-0.3, -0.25) is 4.79 Å². The van der Waals surface area contributed by atoms with E-state index in [0.717, 1.165) is 45.4 Å². The molecule has 0 bridgehead atoms. The van der Waals surface area contributed by atoms with Crippen LogP contribution in [0.4, 0.5) is 0 Å². The lowest BCUT2D eigenvalue weighted by Gasteiger charge is -2.33. The van der Waals surface area contributed by atoms with Gasteiger partial charge in [0.05, 0.1) is 26.9 Å². The summed E-state index contributed by atoms with van der Waals surface area (Å²) in [5.74, 6) is 1.46. The fraction of sp³-hybridized carbons (Fsp3) is 0.611. The summed E-state index contributed by atoms with van der Waals surface area (Å²) in [6.45, 7) is 3.71. The molecule has 1 N–H and O–H groups in total. The molecule has 0 unspecified atom stereocenters. The number of halogens is 1. The Morgan fingerprint density at radius 1 is 1.04 bits per heavy atom. The van der Waals surface area contributed by atoms with Gasteiger partial charge in [-0.1, -0.05) is 0 Å². The van der Waals surface area contributed by atoms with Crippen molar-refractivity contribution in [1.29, 1.82) is 0 Å². The molecule has 1 aromatic carbocycles. The van der Waals surface area contributed by atoms with Gasteiger partial charge in [0.2, 0.25) is 5.75 Å². The highest BCUT2D eigenvalue weighted by Crippen LogP contribution is 2.43. The molecule has 2 saturated heterocycles. The highest BCUT2D eigenvalue weighted by Gasteiger charge is 2.41. The van der Waals surface area contributed by atoms with Crippen molar-refractivity contribution in [1.82, 2.24) is 10.2 Å². The van der Waals surface area contributed by atoms with Crippen LogP contribution >= 0.6 is 12.4 Å². The second-order valence-corrected chi connectivity index (χ2v) is 6.61. The molecule has 0 radical (unpaired) electrons. The summed E-state index contributed by atoms with van der Waals surface area (Å²) < 4.78 is 16.1.